The van der Waals surface area contributed by atoms with E-state index in [1.807, 2.05) is 24.2 Å². The number of aryl methyl sites for hydroxylation is 2. The predicted molar refractivity (Wildman–Crippen MR) is 72.1 cm³/mol. The maximum atomic E-state index is 5.39. The van der Waals surface area contributed by atoms with Crippen LogP contribution in [0, 0.1) is 6.92 Å². The van der Waals surface area contributed by atoms with E-state index < -0.39 is 0 Å². The number of methoxy groups -OCH3 is 1. The molecule has 1 N–H and O–H groups in total. The number of aromatic nitrogens is 3. The van der Waals surface area contributed by atoms with Gasteiger partial charge in [0, 0.05) is 7.05 Å². The first-order valence-corrected chi connectivity index (χ1v) is 6.76. The van der Waals surface area contributed by atoms with E-state index in [9.17, 15) is 0 Å². The Bertz CT molecular complexity index is 520. The minimum Gasteiger partial charge on any atom is -0.493 e. The highest BCUT2D eigenvalue weighted by atomic mass is 32.1. The summed E-state index contributed by atoms with van der Waals surface area (Å²) in [5, 5.41) is 7.74. The number of hydrogen-bond acceptors (Lipinski definition) is 5. The number of nitrogens with zero attached hydrogens (tertiary/aromatic N) is 3. The van der Waals surface area contributed by atoms with Crippen LogP contribution in [-0.4, -0.2) is 28.4 Å². The lowest BCUT2D eigenvalue weighted by molar-refractivity contribution is 0.401. The van der Waals surface area contributed by atoms with Crippen LogP contribution in [0.1, 0.15) is 29.2 Å². The topological polar surface area (TPSA) is 52.0 Å². The standard InChI is InChI=1S/C12H18N4OS/c1-5-13-10(12-8(2)14-7-18-12)11-9(17-4)6-15-16(11)3/h6-7,10,13H,5H2,1-4H3. The zero-order chi connectivity index (χ0) is 13.1. The van der Waals surface area contributed by atoms with Gasteiger partial charge in [-0.15, -0.1) is 11.3 Å². The molecule has 0 saturated carbocycles. The molecule has 0 bridgehead atoms. The van der Waals surface area contributed by atoms with Crippen molar-refractivity contribution in [2.75, 3.05) is 13.7 Å². The van der Waals surface area contributed by atoms with Gasteiger partial charge >= 0.3 is 0 Å². The minimum atomic E-state index is 0.0740. The molecule has 1 atom stereocenters. The van der Waals surface area contributed by atoms with Crippen molar-refractivity contribution < 1.29 is 4.74 Å². The lowest BCUT2D eigenvalue weighted by Crippen LogP contribution is -2.24. The van der Waals surface area contributed by atoms with Crippen LogP contribution < -0.4 is 10.1 Å². The molecule has 2 rings (SSSR count). The predicted octanol–water partition coefficient (Wildman–Crippen LogP) is 1.89. The van der Waals surface area contributed by atoms with Crippen LogP contribution in [0.2, 0.25) is 0 Å². The molecule has 0 amide bonds. The summed E-state index contributed by atoms with van der Waals surface area (Å²) in [4.78, 5) is 5.53. The molecule has 0 aromatic carbocycles. The molecular formula is C12H18N4OS. The summed E-state index contributed by atoms with van der Waals surface area (Å²) in [5.41, 5.74) is 3.96. The fourth-order valence-electron chi connectivity index (χ4n) is 2.02. The number of thiazole rings is 1. The summed E-state index contributed by atoms with van der Waals surface area (Å²) >= 11 is 1.65. The lowest BCUT2D eigenvalue weighted by atomic mass is 10.1. The SMILES string of the molecule is CCNC(c1scnc1C)c1c(OC)cnn1C. The Morgan fingerprint density at radius 3 is 2.89 bits per heavy atom. The smallest absolute Gasteiger partial charge is 0.161 e. The maximum absolute atomic E-state index is 5.39. The average molecular weight is 266 g/mol. The molecule has 0 spiro atoms. The van der Waals surface area contributed by atoms with E-state index in [1.54, 1.807) is 24.6 Å². The van der Waals surface area contributed by atoms with Crippen molar-refractivity contribution in [3.8, 4) is 5.75 Å². The van der Waals surface area contributed by atoms with Crippen LogP contribution in [0.25, 0.3) is 0 Å². The van der Waals surface area contributed by atoms with E-state index in [1.165, 1.54) is 4.88 Å². The van der Waals surface area contributed by atoms with Crippen molar-refractivity contribution in [1.29, 1.82) is 0 Å². The van der Waals surface area contributed by atoms with E-state index in [2.05, 4.69) is 22.3 Å². The van der Waals surface area contributed by atoms with E-state index in [-0.39, 0.29) is 6.04 Å². The normalized spacial score (nSPS) is 12.7. The highest BCUT2D eigenvalue weighted by Crippen LogP contribution is 2.32. The largest absolute Gasteiger partial charge is 0.493 e. The minimum absolute atomic E-state index is 0.0740. The quantitative estimate of drug-likeness (QED) is 0.898. The van der Waals surface area contributed by atoms with Crippen molar-refractivity contribution in [3.63, 3.8) is 0 Å². The van der Waals surface area contributed by atoms with Crippen LogP contribution in [-0.2, 0) is 7.05 Å². The summed E-state index contributed by atoms with van der Waals surface area (Å²) in [6.45, 7) is 4.99. The molecule has 0 aliphatic carbocycles. The molecule has 98 valence electrons. The fourth-order valence-corrected chi connectivity index (χ4v) is 2.90. The summed E-state index contributed by atoms with van der Waals surface area (Å²) in [6, 6.07) is 0.0740. The molecule has 0 aliphatic heterocycles. The Morgan fingerprint density at radius 2 is 2.33 bits per heavy atom. The molecule has 2 heterocycles. The third kappa shape index (κ3) is 2.26. The molecule has 0 saturated heterocycles. The second-order valence-corrected chi connectivity index (χ2v) is 4.90. The molecule has 1 unspecified atom stereocenters. The summed E-state index contributed by atoms with van der Waals surface area (Å²) in [7, 11) is 3.60. The Hall–Kier alpha value is -1.40. The van der Waals surface area contributed by atoms with Gasteiger partial charge in [-0.25, -0.2) is 4.98 Å². The van der Waals surface area contributed by atoms with Crippen LogP contribution in [0.15, 0.2) is 11.7 Å². The van der Waals surface area contributed by atoms with Crippen LogP contribution >= 0.6 is 11.3 Å². The van der Waals surface area contributed by atoms with Gasteiger partial charge in [-0.1, -0.05) is 6.92 Å². The van der Waals surface area contributed by atoms with E-state index >= 15 is 0 Å². The van der Waals surface area contributed by atoms with Crippen molar-refractivity contribution >= 4 is 11.3 Å². The average Bonchev–Trinajstić information content (AvgIpc) is 2.93. The summed E-state index contributed by atoms with van der Waals surface area (Å²) in [6.07, 6.45) is 1.75. The first-order valence-electron chi connectivity index (χ1n) is 5.88. The second-order valence-electron chi connectivity index (χ2n) is 4.01. The second kappa shape index (κ2) is 5.49. The Balaban J connectivity index is 2.47. The zero-order valence-electron chi connectivity index (χ0n) is 11.1. The number of ether oxygens (including phenoxy) is 1. The van der Waals surface area contributed by atoms with Gasteiger partial charge in [0.2, 0.25) is 0 Å². The Morgan fingerprint density at radius 1 is 1.56 bits per heavy atom. The van der Waals surface area contributed by atoms with Crippen molar-refractivity contribution in [3.05, 3.63) is 28.0 Å². The van der Waals surface area contributed by atoms with Crippen LogP contribution in [0.4, 0.5) is 0 Å². The maximum Gasteiger partial charge on any atom is 0.161 e. The third-order valence-electron chi connectivity index (χ3n) is 2.90. The molecule has 0 fully saturated rings. The molecule has 18 heavy (non-hydrogen) atoms. The van der Waals surface area contributed by atoms with Gasteiger partial charge < -0.3 is 10.1 Å². The van der Waals surface area contributed by atoms with Gasteiger partial charge in [-0.2, -0.15) is 5.10 Å². The van der Waals surface area contributed by atoms with Gasteiger partial charge in [0.15, 0.2) is 5.75 Å². The highest BCUT2D eigenvalue weighted by Gasteiger charge is 2.24. The molecular weight excluding hydrogens is 248 g/mol. The number of hydrogen-bond donors (Lipinski definition) is 1. The Labute approximate surface area is 111 Å². The van der Waals surface area contributed by atoms with Crippen LogP contribution in [0.3, 0.4) is 0 Å². The molecule has 2 aromatic heterocycles. The van der Waals surface area contributed by atoms with Crippen molar-refractivity contribution in [2.45, 2.75) is 19.9 Å². The van der Waals surface area contributed by atoms with Crippen molar-refractivity contribution in [1.82, 2.24) is 20.1 Å². The monoisotopic (exact) mass is 266 g/mol. The zero-order valence-corrected chi connectivity index (χ0v) is 11.9. The fraction of sp³-hybridized carbons (Fsp3) is 0.500. The highest BCUT2D eigenvalue weighted by molar-refractivity contribution is 7.09. The first kappa shape index (κ1) is 13.0. The first-order chi connectivity index (χ1) is 8.69. The van der Waals surface area contributed by atoms with Gasteiger partial charge in [-0.05, 0) is 13.5 Å². The van der Waals surface area contributed by atoms with Gasteiger partial charge in [0.25, 0.3) is 0 Å². The third-order valence-corrected chi connectivity index (χ3v) is 3.89. The molecule has 2 aromatic rings. The van der Waals surface area contributed by atoms with E-state index in [4.69, 9.17) is 4.74 Å². The lowest BCUT2D eigenvalue weighted by Gasteiger charge is -2.18. The number of nitrogens with one attached hydrogen (secondary N) is 1. The molecule has 0 aliphatic rings. The summed E-state index contributed by atoms with van der Waals surface area (Å²) in [5.74, 6) is 0.802. The van der Waals surface area contributed by atoms with Crippen molar-refractivity contribution in [2.24, 2.45) is 7.05 Å². The van der Waals surface area contributed by atoms with Gasteiger partial charge in [0.1, 0.15) is 5.69 Å². The summed E-state index contributed by atoms with van der Waals surface area (Å²) < 4.78 is 7.24. The van der Waals surface area contributed by atoms with E-state index in [0.717, 1.165) is 23.7 Å². The van der Waals surface area contributed by atoms with Gasteiger partial charge in [0.05, 0.1) is 35.4 Å². The molecule has 6 heteroatoms. The van der Waals surface area contributed by atoms with Gasteiger partial charge in [-0.3, -0.25) is 4.68 Å². The van der Waals surface area contributed by atoms with Crippen LogP contribution in [0.5, 0.6) is 5.75 Å². The molecule has 5 nitrogen and oxygen atoms in total. The number of rotatable bonds is 5. The van der Waals surface area contributed by atoms with E-state index in [0.29, 0.717) is 0 Å². The molecule has 0 radical (unpaired) electrons. The Kier molecular flexibility index (Phi) is 3.98.